The number of thioether (sulfide) groups is 1. The lowest BCUT2D eigenvalue weighted by atomic mass is 10.1. The van der Waals surface area contributed by atoms with Gasteiger partial charge in [0.25, 0.3) is 0 Å². The second-order valence-corrected chi connectivity index (χ2v) is 7.13. The molecule has 0 bridgehead atoms. The minimum Gasteiger partial charge on any atom is -0.360 e. The van der Waals surface area contributed by atoms with E-state index in [-0.39, 0.29) is 5.44 Å². The molecule has 0 aliphatic carbocycles. The van der Waals surface area contributed by atoms with Gasteiger partial charge in [-0.05, 0) is 30.3 Å². The molecule has 1 unspecified atom stereocenters. The third kappa shape index (κ3) is 2.56. The van der Waals surface area contributed by atoms with Crippen LogP contribution >= 0.6 is 11.8 Å². The predicted octanol–water partition coefficient (Wildman–Crippen LogP) is 5.05. The lowest BCUT2D eigenvalue weighted by Crippen LogP contribution is -2.02. The highest BCUT2D eigenvalue weighted by Gasteiger charge is 2.22. The third-order valence-corrected chi connectivity index (χ3v) is 5.50. The Bertz CT molecular complexity index is 1020. The zero-order valence-corrected chi connectivity index (χ0v) is 14.3. The van der Waals surface area contributed by atoms with Gasteiger partial charge in [0.2, 0.25) is 0 Å². The molecule has 4 nitrogen and oxygen atoms in total. The van der Waals surface area contributed by atoms with E-state index in [0.717, 1.165) is 40.3 Å². The molecule has 1 atom stereocenters. The van der Waals surface area contributed by atoms with Crippen molar-refractivity contribution in [3.63, 3.8) is 0 Å². The molecule has 0 N–H and O–H groups in total. The molecule has 0 amide bonds. The Hall–Kier alpha value is -2.50. The molecule has 2 aromatic carbocycles. The fourth-order valence-electron chi connectivity index (χ4n) is 3.23. The summed E-state index contributed by atoms with van der Waals surface area (Å²) in [6.07, 6.45) is 2.08. The summed E-state index contributed by atoms with van der Waals surface area (Å²) in [5.41, 5.74) is 4.25. The number of benzene rings is 2. The Morgan fingerprint density at radius 3 is 2.80 bits per heavy atom. The summed E-state index contributed by atoms with van der Waals surface area (Å²) in [5.74, 6) is 1.84. The van der Waals surface area contributed by atoms with Gasteiger partial charge in [-0.15, -0.1) is 11.8 Å². The van der Waals surface area contributed by atoms with Crippen LogP contribution in [0.4, 0.5) is 0 Å². The summed E-state index contributed by atoms with van der Waals surface area (Å²) in [6, 6.07) is 20.5. The van der Waals surface area contributed by atoms with Crippen molar-refractivity contribution in [2.45, 2.75) is 5.44 Å². The van der Waals surface area contributed by atoms with Gasteiger partial charge in [0.15, 0.2) is 5.76 Å². The van der Waals surface area contributed by atoms with Crippen molar-refractivity contribution in [3.8, 4) is 17.0 Å². The Kier molecular flexibility index (Phi) is 3.61. The quantitative estimate of drug-likeness (QED) is 0.519. The van der Waals surface area contributed by atoms with Gasteiger partial charge in [-0.2, -0.15) is 0 Å². The SMILES string of the molecule is c1ccc(-c2onc3ccc(-n4cccc4C4OCCS4)cc23)cc1. The molecule has 0 radical (unpaired) electrons. The van der Waals surface area contributed by atoms with Crippen LogP contribution in [-0.2, 0) is 4.74 Å². The van der Waals surface area contributed by atoms with Crippen LogP contribution in [0.2, 0.25) is 0 Å². The fourth-order valence-corrected chi connectivity index (χ4v) is 4.19. The predicted molar refractivity (Wildman–Crippen MR) is 99.9 cm³/mol. The Morgan fingerprint density at radius 1 is 1.04 bits per heavy atom. The van der Waals surface area contributed by atoms with Crippen LogP contribution in [0.3, 0.4) is 0 Å². The van der Waals surface area contributed by atoms with E-state index in [1.165, 1.54) is 5.69 Å². The first-order valence-electron chi connectivity index (χ1n) is 8.26. The molecule has 124 valence electrons. The molecule has 3 heterocycles. The van der Waals surface area contributed by atoms with Gasteiger partial charge in [0.1, 0.15) is 11.0 Å². The van der Waals surface area contributed by atoms with E-state index in [9.17, 15) is 0 Å². The van der Waals surface area contributed by atoms with E-state index in [4.69, 9.17) is 9.26 Å². The minimum atomic E-state index is 0.0989. The van der Waals surface area contributed by atoms with E-state index in [1.54, 1.807) is 0 Å². The lowest BCUT2D eigenvalue weighted by Gasteiger charge is -2.14. The van der Waals surface area contributed by atoms with Crippen LogP contribution in [0.15, 0.2) is 71.4 Å². The lowest BCUT2D eigenvalue weighted by molar-refractivity contribution is 0.141. The van der Waals surface area contributed by atoms with Crippen molar-refractivity contribution >= 4 is 22.7 Å². The standard InChI is InChI=1S/C20H16N2O2S/c1-2-5-14(6-3-1)19-16-13-15(8-9-17(16)21-24-19)22-10-4-7-18(22)20-23-11-12-25-20/h1-10,13,20H,11-12H2. The van der Waals surface area contributed by atoms with Gasteiger partial charge >= 0.3 is 0 Å². The maximum Gasteiger partial charge on any atom is 0.174 e. The zero-order valence-electron chi connectivity index (χ0n) is 13.5. The summed E-state index contributed by atoms with van der Waals surface area (Å²) in [4.78, 5) is 0. The van der Waals surface area contributed by atoms with Crippen molar-refractivity contribution in [1.82, 2.24) is 9.72 Å². The van der Waals surface area contributed by atoms with E-state index >= 15 is 0 Å². The van der Waals surface area contributed by atoms with Crippen LogP contribution in [-0.4, -0.2) is 22.1 Å². The number of aromatic nitrogens is 2. The average Bonchev–Trinajstić information content (AvgIpc) is 3.40. The molecule has 1 saturated heterocycles. The van der Waals surface area contributed by atoms with Crippen molar-refractivity contribution in [1.29, 1.82) is 0 Å². The van der Waals surface area contributed by atoms with E-state index in [1.807, 2.05) is 48.2 Å². The minimum absolute atomic E-state index is 0.0989. The topological polar surface area (TPSA) is 40.2 Å². The summed E-state index contributed by atoms with van der Waals surface area (Å²) < 4.78 is 13.6. The second kappa shape index (κ2) is 6.10. The highest BCUT2D eigenvalue weighted by atomic mass is 32.2. The smallest absolute Gasteiger partial charge is 0.174 e. The molecule has 5 heteroatoms. The maximum atomic E-state index is 5.84. The fraction of sp³-hybridized carbons (Fsp3) is 0.150. The molecule has 4 aromatic rings. The first-order valence-corrected chi connectivity index (χ1v) is 9.31. The third-order valence-electron chi connectivity index (χ3n) is 4.42. The van der Waals surface area contributed by atoms with Crippen LogP contribution in [0, 0.1) is 0 Å². The number of ether oxygens (including phenoxy) is 1. The van der Waals surface area contributed by atoms with E-state index in [2.05, 4.69) is 40.2 Å². The number of hydrogen-bond donors (Lipinski definition) is 0. The Labute approximate surface area is 149 Å². The van der Waals surface area contributed by atoms with Gasteiger partial charge in [-0.3, -0.25) is 0 Å². The molecular formula is C20H16N2O2S. The number of nitrogens with zero attached hydrogens (tertiary/aromatic N) is 2. The molecule has 2 aromatic heterocycles. The maximum absolute atomic E-state index is 5.84. The molecule has 1 fully saturated rings. The molecule has 0 saturated carbocycles. The normalized spacial score (nSPS) is 17.4. The van der Waals surface area contributed by atoms with Crippen LogP contribution in [0.25, 0.3) is 27.9 Å². The van der Waals surface area contributed by atoms with Gasteiger partial charge in [-0.1, -0.05) is 35.5 Å². The number of hydrogen-bond acceptors (Lipinski definition) is 4. The Balaban J connectivity index is 1.63. The number of fused-ring (bicyclic) bond motifs is 1. The monoisotopic (exact) mass is 348 g/mol. The van der Waals surface area contributed by atoms with Crippen molar-refractivity contribution in [2.75, 3.05) is 12.4 Å². The summed E-state index contributed by atoms with van der Waals surface area (Å²) in [7, 11) is 0. The van der Waals surface area contributed by atoms with Crippen molar-refractivity contribution < 1.29 is 9.26 Å². The highest BCUT2D eigenvalue weighted by molar-refractivity contribution is 7.99. The largest absolute Gasteiger partial charge is 0.360 e. The average molecular weight is 348 g/mol. The van der Waals surface area contributed by atoms with Gasteiger partial charge in [-0.25, -0.2) is 0 Å². The Morgan fingerprint density at radius 2 is 1.96 bits per heavy atom. The molecule has 1 aliphatic rings. The van der Waals surface area contributed by atoms with Crippen molar-refractivity contribution in [3.05, 3.63) is 72.6 Å². The molecule has 5 rings (SSSR count). The summed E-state index contributed by atoms with van der Waals surface area (Å²) >= 11 is 1.84. The van der Waals surface area contributed by atoms with Crippen LogP contribution < -0.4 is 0 Å². The summed E-state index contributed by atoms with van der Waals surface area (Å²) in [5, 5.41) is 5.22. The van der Waals surface area contributed by atoms with E-state index in [0.29, 0.717) is 0 Å². The molecular weight excluding hydrogens is 332 g/mol. The van der Waals surface area contributed by atoms with Crippen LogP contribution in [0.5, 0.6) is 0 Å². The van der Waals surface area contributed by atoms with Gasteiger partial charge in [0, 0.05) is 23.2 Å². The zero-order chi connectivity index (χ0) is 16.6. The van der Waals surface area contributed by atoms with Crippen LogP contribution in [0.1, 0.15) is 11.1 Å². The highest BCUT2D eigenvalue weighted by Crippen LogP contribution is 2.37. The van der Waals surface area contributed by atoms with Gasteiger partial charge in [0.05, 0.1) is 17.7 Å². The number of rotatable bonds is 3. The molecule has 1 aliphatic heterocycles. The van der Waals surface area contributed by atoms with E-state index < -0.39 is 0 Å². The van der Waals surface area contributed by atoms with Crippen molar-refractivity contribution in [2.24, 2.45) is 0 Å². The molecule has 0 spiro atoms. The van der Waals surface area contributed by atoms with Gasteiger partial charge < -0.3 is 13.8 Å². The summed E-state index contributed by atoms with van der Waals surface area (Å²) in [6.45, 7) is 0.809. The molecule has 25 heavy (non-hydrogen) atoms. The first-order chi connectivity index (χ1) is 12.4. The first kappa shape index (κ1) is 14.8. The second-order valence-electron chi connectivity index (χ2n) is 5.96.